The van der Waals surface area contributed by atoms with E-state index in [-0.39, 0.29) is 18.6 Å². The average molecular weight is 461 g/mol. The Morgan fingerprint density at radius 2 is 1.74 bits per heavy atom. The van der Waals surface area contributed by atoms with Crippen molar-refractivity contribution >= 4 is 11.8 Å². The molecule has 2 aromatic rings. The maximum Gasteiger partial charge on any atom is 2.00 e. The number of anilines is 1. The van der Waals surface area contributed by atoms with Crippen LogP contribution in [0.4, 0.5) is 10.5 Å². The fourth-order valence-electron chi connectivity index (χ4n) is 3.21. The summed E-state index contributed by atoms with van der Waals surface area (Å²) in [4.78, 5) is 13.2. The van der Waals surface area contributed by atoms with Gasteiger partial charge in [0.15, 0.2) is 0 Å². The van der Waals surface area contributed by atoms with Crippen molar-refractivity contribution in [3.8, 4) is 0 Å². The summed E-state index contributed by atoms with van der Waals surface area (Å²) in [7, 11) is 0. The number of ether oxygens (including phenoxy) is 1. The van der Waals surface area contributed by atoms with Crippen molar-refractivity contribution in [3.63, 3.8) is 0 Å². The van der Waals surface area contributed by atoms with Crippen LogP contribution in [0.15, 0.2) is 54.6 Å². The first-order chi connectivity index (χ1) is 14.4. The molecular weight excluding hydrogens is 425 g/mol. The molecule has 6 heteroatoms. The Morgan fingerprint density at radius 3 is 2.29 bits per heavy atom. The summed E-state index contributed by atoms with van der Waals surface area (Å²) in [6.45, 7) is 12.7. The molecular formula is C25H35N3O2V. The van der Waals surface area contributed by atoms with E-state index in [9.17, 15) is 4.79 Å². The van der Waals surface area contributed by atoms with Gasteiger partial charge in [-0.25, -0.2) is 4.79 Å². The fraction of sp³-hybridized carbons (Fsp3) is 0.440. The van der Waals surface area contributed by atoms with E-state index in [0.29, 0.717) is 12.6 Å². The minimum atomic E-state index is -0.417. The monoisotopic (exact) mass is 460 g/mol. The molecule has 1 radical (unpaired) electrons. The topological polar surface area (TPSA) is 53.6 Å². The Balaban J connectivity index is 0.000000376. The van der Waals surface area contributed by atoms with Gasteiger partial charge in [-0.3, -0.25) is 4.90 Å². The molecule has 1 heterocycles. The fourth-order valence-corrected chi connectivity index (χ4v) is 3.21. The Morgan fingerprint density at radius 1 is 1.13 bits per heavy atom. The molecule has 0 aromatic heterocycles. The molecule has 1 aliphatic rings. The third kappa shape index (κ3) is 11.9. The quantitative estimate of drug-likeness (QED) is 0.623. The Kier molecular flexibility index (Phi) is 12.4. The number of piperidine rings is 1. The summed E-state index contributed by atoms with van der Waals surface area (Å²) in [6.07, 6.45) is 2.01. The zero-order chi connectivity index (χ0) is 21.8. The van der Waals surface area contributed by atoms with E-state index >= 15 is 0 Å². The third-order valence-corrected chi connectivity index (χ3v) is 4.59. The molecule has 0 unspecified atom stereocenters. The summed E-state index contributed by atoms with van der Waals surface area (Å²) < 4.78 is 4.89. The van der Waals surface area contributed by atoms with E-state index in [2.05, 4.69) is 71.0 Å². The van der Waals surface area contributed by atoms with Gasteiger partial charge in [-0.2, -0.15) is 18.2 Å². The maximum absolute atomic E-state index is 10.7. The first-order valence-corrected chi connectivity index (χ1v) is 10.6. The number of carbonyl (C=O) groups excluding carboxylic acids is 1. The first-order valence-electron chi connectivity index (χ1n) is 10.6. The van der Waals surface area contributed by atoms with Crippen LogP contribution in [-0.2, 0) is 29.8 Å². The summed E-state index contributed by atoms with van der Waals surface area (Å²) >= 11 is 0. The molecule has 1 fully saturated rings. The Labute approximate surface area is 199 Å². The maximum atomic E-state index is 10.7. The van der Waals surface area contributed by atoms with E-state index in [1.165, 1.54) is 37.2 Å². The molecule has 0 spiro atoms. The molecule has 1 saturated heterocycles. The van der Waals surface area contributed by atoms with Gasteiger partial charge in [-0.05, 0) is 39.2 Å². The van der Waals surface area contributed by atoms with Crippen molar-refractivity contribution in [1.82, 2.24) is 10.2 Å². The minimum absolute atomic E-state index is 0. The molecule has 2 N–H and O–H groups in total. The van der Waals surface area contributed by atoms with Gasteiger partial charge in [0.1, 0.15) is 5.60 Å². The van der Waals surface area contributed by atoms with Crippen LogP contribution in [0.25, 0.3) is 0 Å². The van der Waals surface area contributed by atoms with Crippen molar-refractivity contribution in [2.75, 3.05) is 25.0 Å². The number of hydrogen-bond acceptors (Lipinski definition) is 4. The second-order valence-corrected chi connectivity index (χ2v) is 8.40. The summed E-state index contributed by atoms with van der Waals surface area (Å²) in [5.41, 5.74) is 2.21. The number of amides is 1. The summed E-state index contributed by atoms with van der Waals surface area (Å²) in [5.74, 6) is 0. The molecule has 5 nitrogen and oxygen atoms in total. The van der Waals surface area contributed by atoms with Crippen LogP contribution >= 0.6 is 0 Å². The third-order valence-electron chi connectivity index (χ3n) is 4.59. The largest absolute Gasteiger partial charge is 2.00 e. The molecule has 3 rings (SSSR count). The van der Waals surface area contributed by atoms with Gasteiger partial charge in [0.05, 0.1) is 0 Å². The number of hydrogen-bond donors (Lipinski definition) is 2. The van der Waals surface area contributed by atoms with Crippen molar-refractivity contribution in [2.45, 2.75) is 51.8 Å². The van der Waals surface area contributed by atoms with E-state index in [1.807, 2.05) is 32.9 Å². The van der Waals surface area contributed by atoms with E-state index < -0.39 is 11.7 Å². The molecule has 1 aliphatic heterocycles. The van der Waals surface area contributed by atoms with Gasteiger partial charge in [0.2, 0.25) is 0 Å². The molecule has 167 valence electrons. The molecule has 2 aromatic carbocycles. The molecule has 0 atom stereocenters. The van der Waals surface area contributed by atoms with E-state index in [0.717, 1.165) is 6.54 Å². The van der Waals surface area contributed by atoms with Crippen LogP contribution in [0.5, 0.6) is 0 Å². The van der Waals surface area contributed by atoms with Crippen molar-refractivity contribution in [1.29, 1.82) is 0 Å². The average Bonchev–Trinajstić information content (AvgIpc) is 2.70. The van der Waals surface area contributed by atoms with Gasteiger partial charge >= 0.3 is 24.6 Å². The van der Waals surface area contributed by atoms with Crippen molar-refractivity contribution < 1.29 is 28.1 Å². The van der Waals surface area contributed by atoms with Crippen molar-refractivity contribution in [2.24, 2.45) is 0 Å². The normalized spacial score (nSPS) is 14.5. The van der Waals surface area contributed by atoms with Gasteiger partial charge < -0.3 is 22.3 Å². The van der Waals surface area contributed by atoms with Crippen LogP contribution in [0.2, 0.25) is 0 Å². The summed E-state index contributed by atoms with van der Waals surface area (Å²) in [6, 6.07) is 22.5. The van der Waals surface area contributed by atoms with Crippen molar-refractivity contribution in [3.05, 3.63) is 73.2 Å². The standard InChI is InChI=1S/C18H21N2.C7H14NO2.V/c1-3-7-16(8-4-1)15-20-13-11-18(12-14-20)19-17-9-5-2-6-10-17;1-5-8-6(9)10-7(2,3)4;/h1,3-10,18-19H,11-15H2;1,5H2,2-4H3,(H,8,9);/q2*-1;+2. The number of nitrogens with one attached hydrogen (secondary N) is 2. The van der Waals surface area contributed by atoms with Crippen LogP contribution in [0, 0.1) is 13.0 Å². The van der Waals surface area contributed by atoms with Crippen LogP contribution in [0.3, 0.4) is 0 Å². The minimum Gasteiger partial charge on any atom is -0.444 e. The molecule has 0 bridgehead atoms. The van der Waals surface area contributed by atoms with Crippen LogP contribution in [-0.4, -0.2) is 42.3 Å². The second kappa shape index (κ2) is 14.2. The van der Waals surface area contributed by atoms with Gasteiger partial charge in [-0.15, -0.1) is 18.7 Å². The molecule has 0 aliphatic carbocycles. The Hall–Kier alpha value is -1.95. The van der Waals surface area contributed by atoms with E-state index in [1.54, 1.807) is 0 Å². The molecule has 0 saturated carbocycles. The first kappa shape index (κ1) is 27.1. The molecule has 31 heavy (non-hydrogen) atoms. The summed E-state index contributed by atoms with van der Waals surface area (Å²) in [5, 5.41) is 6.05. The number of benzene rings is 2. The zero-order valence-electron chi connectivity index (χ0n) is 18.9. The van der Waals surface area contributed by atoms with Gasteiger partial charge in [0, 0.05) is 25.7 Å². The number of alkyl carbamates (subject to hydrolysis) is 1. The van der Waals surface area contributed by atoms with Gasteiger partial charge in [0.25, 0.3) is 0 Å². The predicted molar refractivity (Wildman–Crippen MR) is 123 cm³/mol. The Bertz CT molecular complexity index is 678. The number of carbonyl (C=O) groups is 1. The van der Waals surface area contributed by atoms with E-state index in [4.69, 9.17) is 4.74 Å². The SMILES string of the molecule is [CH2-]CNC(=O)OC(C)(C)C.[V+2].[c-]1ccc(NC2CCN(Cc3ccccc3)CC2)cc1. The predicted octanol–water partition coefficient (Wildman–Crippen LogP) is 4.91. The number of rotatable bonds is 5. The van der Waals surface area contributed by atoms with Crippen LogP contribution in [0.1, 0.15) is 39.2 Å². The van der Waals surface area contributed by atoms with Gasteiger partial charge in [-0.1, -0.05) is 36.0 Å². The number of likely N-dealkylation sites (tertiary alicyclic amines) is 1. The number of nitrogens with zero attached hydrogens (tertiary/aromatic N) is 1. The van der Waals surface area contributed by atoms with Crippen LogP contribution < -0.4 is 10.6 Å². The zero-order valence-corrected chi connectivity index (χ0v) is 20.3. The second-order valence-electron chi connectivity index (χ2n) is 8.40. The molecule has 1 amide bonds. The smallest absolute Gasteiger partial charge is 0.444 e.